The highest BCUT2D eigenvalue weighted by molar-refractivity contribution is 5.74. The molecular weight excluding hydrogens is 320 g/mol. The minimum Gasteiger partial charge on any atom is -0.353 e. The predicted molar refractivity (Wildman–Crippen MR) is 113 cm³/mol. The molecule has 0 saturated carbocycles. The van der Waals surface area contributed by atoms with E-state index >= 15 is 0 Å². The molecule has 1 fully saturated rings. The summed E-state index contributed by atoms with van der Waals surface area (Å²) < 4.78 is 0. The molecule has 0 spiro atoms. The van der Waals surface area contributed by atoms with Gasteiger partial charge in [0.1, 0.15) is 12.1 Å². The van der Waals surface area contributed by atoms with Crippen LogP contribution in [0.2, 0.25) is 0 Å². The molecule has 0 atom stereocenters. The van der Waals surface area contributed by atoms with Crippen LogP contribution in [0, 0.1) is 0 Å². The van der Waals surface area contributed by atoms with E-state index in [1.807, 2.05) is 30.4 Å². The van der Waals surface area contributed by atoms with Crippen molar-refractivity contribution in [3.8, 4) is 0 Å². The van der Waals surface area contributed by atoms with Crippen molar-refractivity contribution < 1.29 is 0 Å². The van der Waals surface area contributed by atoms with Crippen LogP contribution in [0.25, 0.3) is 12.2 Å². The van der Waals surface area contributed by atoms with Gasteiger partial charge in [0.15, 0.2) is 0 Å². The van der Waals surface area contributed by atoms with E-state index in [1.165, 1.54) is 0 Å². The number of nitrogens with zero attached hydrogens (tertiary/aromatic N) is 3. The van der Waals surface area contributed by atoms with Gasteiger partial charge in [-0.2, -0.15) is 0 Å². The lowest BCUT2D eigenvalue weighted by atomic mass is 10.0. The summed E-state index contributed by atoms with van der Waals surface area (Å²) in [5.74, 6) is 0.918. The first-order valence-corrected chi connectivity index (χ1v) is 8.64. The maximum Gasteiger partial charge on any atom is 0.139 e. The van der Waals surface area contributed by atoms with Crippen molar-refractivity contribution in [1.29, 1.82) is 0 Å². The third-order valence-electron chi connectivity index (χ3n) is 4.10. The van der Waals surface area contributed by atoms with Crippen molar-refractivity contribution in [3.05, 3.63) is 91.5 Å². The summed E-state index contributed by atoms with van der Waals surface area (Å²) in [6.07, 6.45) is 16.5. The highest BCUT2D eigenvalue weighted by atomic mass is 15.2. The molecule has 0 amide bonds. The SMILES string of the molecule is C=C\C=C/C=C(C=C)/C(C=C)=C/c1ncnc(N2CCNCC2)c1C=C. The summed E-state index contributed by atoms with van der Waals surface area (Å²) in [4.78, 5) is 11.2. The van der Waals surface area contributed by atoms with E-state index in [-0.39, 0.29) is 0 Å². The molecule has 4 nitrogen and oxygen atoms in total. The summed E-state index contributed by atoms with van der Waals surface area (Å²) in [7, 11) is 0. The zero-order valence-electron chi connectivity index (χ0n) is 15.2. The fraction of sp³-hybridized carbons (Fsp3) is 0.182. The first-order valence-electron chi connectivity index (χ1n) is 8.64. The Balaban J connectivity index is 2.46. The number of piperazine rings is 1. The first kappa shape index (κ1) is 19.3. The topological polar surface area (TPSA) is 41.1 Å². The number of aromatic nitrogens is 2. The van der Waals surface area contributed by atoms with E-state index in [1.54, 1.807) is 24.6 Å². The summed E-state index contributed by atoms with van der Waals surface area (Å²) in [6, 6.07) is 0. The summed E-state index contributed by atoms with van der Waals surface area (Å²) in [5, 5.41) is 3.36. The van der Waals surface area contributed by atoms with Crippen molar-refractivity contribution in [2.75, 3.05) is 31.1 Å². The molecule has 0 aliphatic carbocycles. The second kappa shape index (κ2) is 10.1. The zero-order valence-corrected chi connectivity index (χ0v) is 15.2. The van der Waals surface area contributed by atoms with Crippen LogP contribution in [0.3, 0.4) is 0 Å². The molecule has 1 aromatic rings. The molecule has 0 unspecified atom stereocenters. The van der Waals surface area contributed by atoms with Crippen molar-refractivity contribution in [1.82, 2.24) is 15.3 Å². The number of rotatable bonds is 8. The largest absolute Gasteiger partial charge is 0.353 e. The highest BCUT2D eigenvalue weighted by Gasteiger charge is 2.16. The lowest BCUT2D eigenvalue weighted by Gasteiger charge is -2.29. The van der Waals surface area contributed by atoms with Gasteiger partial charge >= 0.3 is 0 Å². The van der Waals surface area contributed by atoms with Crippen LogP contribution in [-0.2, 0) is 0 Å². The number of anilines is 1. The van der Waals surface area contributed by atoms with E-state index < -0.39 is 0 Å². The Hall–Kier alpha value is -2.98. The molecule has 1 aromatic heterocycles. The lowest BCUT2D eigenvalue weighted by molar-refractivity contribution is 0.584. The standard InChI is InChI=1S/C22H26N4/c1-5-9-10-11-18(6-2)19(7-3)16-21-20(8-4)22(25-17-24-21)26-14-12-23-13-15-26/h5-11,16-17,23H,1-4,12-15H2/b10-9-,18-11+,19-16+. The molecule has 1 aliphatic rings. The Bertz CT molecular complexity index is 762. The molecular formula is C22H26N4. The minimum absolute atomic E-state index is 0.818. The van der Waals surface area contributed by atoms with Crippen molar-refractivity contribution in [2.45, 2.75) is 0 Å². The highest BCUT2D eigenvalue weighted by Crippen LogP contribution is 2.25. The van der Waals surface area contributed by atoms with Gasteiger partial charge in [-0.15, -0.1) is 0 Å². The van der Waals surface area contributed by atoms with Crippen molar-refractivity contribution >= 4 is 18.0 Å². The van der Waals surface area contributed by atoms with E-state index in [2.05, 4.69) is 46.5 Å². The maximum absolute atomic E-state index is 4.50. The molecule has 1 saturated heterocycles. The summed E-state index contributed by atoms with van der Waals surface area (Å²) >= 11 is 0. The quantitative estimate of drug-likeness (QED) is 0.724. The zero-order chi connectivity index (χ0) is 18.8. The Morgan fingerprint density at radius 2 is 1.73 bits per heavy atom. The first-order chi connectivity index (χ1) is 12.7. The van der Waals surface area contributed by atoms with Gasteiger partial charge in [-0.25, -0.2) is 9.97 Å². The number of hydrogen-bond acceptors (Lipinski definition) is 4. The van der Waals surface area contributed by atoms with Crippen molar-refractivity contribution in [2.24, 2.45) is 0 Å². The Labute approximate surface area is 156 Å². The second-order valence-electron chi connectivity index (χ2n) is 5.69. The normalized spacial score (nSPS) is 15.8. The van der Waals surface area contributed by atoms with Gasteiger partial charge in [-0.05, 0) is 17.2 Å². The average molecular weight is 346 g/mol. The predicted octanol–water partition coefficient (Wildman–Crippen LogP) is 3.95. The van der Waals surface area contributed by atoms with Crippen LogP contribution < -0.4 is 10.2 Å². The van der Waals surface area contributed by atoms with Crippen LogP contribution in [-0.4, -0.2) is 36.1 Å². The molecule has 0 bridgehead atoms. The molecule has 26 heavy (non-hydrogen) atoms. The summed E-state index contributed by atoms with van der Waals surface area (Å²) in [6.45, 7) is 19.2. The molecule has 0 radical (unpaired) electrons. The van der Waals surface area contributed by atoms with E-state index in [0.717, 1.165) is 54.4 Å². The number of nitrogens with one attached hydrogen (secondary N) is 1. The van der Waals surface area contributed by atoms with Crippen LogP contribution >= 0.6 is 0 Å². The van der Waals surface area contributed by atoms with Crippen LogP contribution in [0.4, 0.5) is 5.82 Å². The fourth-order valence-electron chi connectivity index (χ4n) is 2.77. The van der Waals surface area contributed by atoms with Gasteiger partial charge in [0, 0.05) is 31.7 Å². The van der Waals surface area contributed by atoms with Crippen LogP contribution in [0.1, 0.15) is 11.3 Å². The fourth-order valence-corrected chi connectivity index (χ4v) is 2.77. The smallest absolute Gasteiger partial charge is 0.139 e. The molecule has 1 aliphatic heterocycles. The second-order valence-corrected chi connectivity index (χ2v) is 5.69. The summed E-state index contributed by atoms with van der Waals surface area (Å²) in [5.41, 5.74) is 3.63. The molecule has 2 heterocycles. The minimum atomic E-state index is 0.818. The third-order valence-corrected chi connectivity index (χ3v) is 4.10. The van der Waals surface area contributed by atoms with E-state index in [9.17, 15) is 0 Å². The Morgan fingerprint density at radius 1 is 1.00 bits per heavy atom. The molecule has 0 aromatic carbocycles. The number of allylic oxidation sites excluding steroid dienone is 8. The molecule has 1 N–H and O–H groups in total. The molecule has 134 valence electrons. The lowest BCUT2D eigenvalue weighted by Crippen LogP contribution is -2.44. The Kier molecular flexibility index (Phi) is 7.52. The Morgan fingerprint density at radius 3 is 2.35 bits per heavy atom. The van der Waals surface area contributed by atoms with Gasteiger partial charge in [-0.1, -0.05) is 68.8 Å². The molecule has 4 heteroatoms. The van der Waals surface area contributed by atoms with Gasteiger partial charge in [0.2, 0.25) is 0 Å². The van der Waals surface area contributed by atoms with Crippen LogP contribution in [0.5, 0.6) is 0 Å². The van der Waals surface area contributed by atoms with Gasteiger partial charge < -0.3 is 10.2 Å². The van der Waals surface area contributed by atoms with Crippen LogP contribution in [0.15, 0.2) is 80.2 Å². The van der Waals surface area contributed by atoms with Crippen molar-refractivity contribution in [3.63, 3.8) is 0 Å². The maximum atomic E-state index is 4.50. The third kappa shape index (κ3) is 4.77. The van der Waals surface area contributed by atoms with Gasteiger partial charge in [-0.3, -0.25) is 0 Å². The number of hydrogen-bond donors (Lipinski definition) is 1. The average Bonchev–Trinajstić information content (AvgIpc) is 2.70. The van der Waals surface area contributed by atoms with Gasteiger partial charge in [0.05, 0.1) is 5.69 Å². The monoisotopic (exact) mass is 346 g/mol. The molecule has 2 rings (SSSR count). The van der Waals surface area contributed by atoms with Gasteiger partial charge in [0.25, 0.3) is 0 Å². The van der Waals surface area contributed by atoms with E-state index in [4.69, 9.17) is 0 Å². The van der Waals surface area contributed by atoms with E-state index in [0.29, 0.717) is 0 Å².